The summed E-state index contributed by atoms with van der Waals surface area (Å²) in [5.74, 6) is 0.684. The van der Waals surface area contributed by atoms with Crippen molar-refractivity contribution in [2.24, 2.45) is 0 Å². The summed E-state index contributed by atoms with van der Waals surface area (Å²) in [6, 6.07) is 12.2. The maximum Gasteiger partial charge on any atom is 0.323 e. The molecular weight excluding hydrogens is 444 g/mol. The molecule has 1 heterocycles. The molecule has 3 aromatic rings. The Hall–Kier alpha value is -2.51. The van der Waals surface area contributed by atoms with E-state index < -0.39 is 0 Å². The van der Waals surface area contributed by atoms with Gasteiger partial charge < -0.3 is 15.4 Å². The number of hydrogen-bond acceptors (Lipinski definition) is 3. The van der Waals surface area contributed by atoms with Gasteiger partial charge in [0.1, 0.15) is 5.75 Å². The van der Waals surface area contributed by atoms with Crippen LogP contribution in [0.4, 0.5) is 16.2 Å². The van der Waals surface area contributed by atoms with Crippen molar-refractivity contribution in [3.63, 3.8) is 0 Å². The summed E-state index contributed by atoms with van der Waals surface area (Å²) < 4.78 is 8.27. The van der Waals surface area contributed by atoms with Crippen LogP contribution in [0.1, 0.15) is 19.9 Å². The number of benzene rings is 2. The van der Waals surface area contributed by atoms with Gasteiger partial charge in [0, 0.05) is 28.0 Å². The SMILES string of the molecule is COc1ccc(NC(=O)Nc2cccc(Cl)c2)cc1-c1c(Br)cnn1C(C)C. The van der Waals surface area contributed by atoms with Crippen LogP contribution in [0, 0.1) is 0 Å². The minimum atomic E-state index is -0.366. The zero-order valence-electron chi connectivity index (χ0n) is 15.7. The molecule has 0 fully saturated rings. The molecular formula is C20H20BrClN4O2. The summed E-state index contributed by atoms with van der Waals surface area (Å²) in [5, 5.41) is 10.6. The number of methoxy groups -OCH3 is 1. The van der Waals surface area contributed by atoms with E-state index in [2.05, 4.69) is 45.5 Å². The third kappa shape index (κ3) is 4.48. The largest absolute Gasteiger partial charge is 0.496 e. The second-order valence-electron chi connectivity index (χ2n) is 6.38. The fourth-order valence-electron chi connectivity index (χ4n) is 2.82. The van der Waals surface area contributed by atoms with Crippen LogP contribution in [0.25, 0.3) is 11.3 Å². The van der Waals surface area contributed by atoms with Crippen molar-refractivity contribution in [3.8, 4) is 17.0 Å². The third-order valence-electron chi connectivity index (χ3n) is 4.03. The highest BCUT2D eigenvalue weighted by Crippen LogP contribution is 2.38. The number of carbonyl (C=O) groups is 1. The standard InChI is InChI=1S/C20H20BrClN4O2/c1-12(2)26-19(17(21)11-23-26)16-10-15(7-8-18(16)28-3)25-20(27)24-14-6-4-5-13(22)9-14/h4-12H,1-3H3,(H2,24,25,27). The summed E-state index contributed by atoms with van der Waals surface area (Å²) >= 11 is 9.52. The van der Waals surface area contributed by atoms with Crippen LogP contribution in [0.3, 0.4) is 0 Å². The molecule has 2 N–H and O–H groups in total. The van der Waals surface area contributed by atoms with E-state index in [0.717, 1.165) is 15.7 Å². The van der Waals surface area contributed by atoms with E-state index in [1.54, 1.807) is 43.6 Å². The number of ether oxygens (including phenoxy) is 1. The molecule has 2 aromatic carbocycles. The Morgan fingerprint density at radius 3 is 2.54 bits per heavy atom. The Bertz CT molecular complexity index is 1000. The summed E-state index contributed by atoms with van der Waals surface area (Å²) in [4.78, 5) is 12.4. The summed E-state index contributed by atoms with van der Waals surface area (Å²) in [6.07, 6.45) is 1.75. The molecule has 0 saturated heterocycles. The quantitative estimate of drug-likeness (QED) is 0.473. The van der Waals surface area contributed by atoms with Gasteiger partial charge in [-0.25, -0.2) is 4.79 Å². The summed E-state index contributed by atoms with van der Waals surface area (Å²) in [6.45, 7) is 4.10. The number of anilines is 2. The van der Waals surface area contributed by atoms with E-state index in [9.17, 15) is 4.79 Å². The van der Waals surface area contributed by atoms with Gasteiger partial charge in [0.05, 0.1) is 23.5 Å². The van der Waals surface area contributed by atoms with Crippen LogP contribution in [0.2, 0.25) is 5.02 Å². The fourth-order valence-corrected chi connectivity index (χ4v) is 3.49. The van der Waals surface area contributed by atoms with Crippen LogP contribution >= 0.6 is 27.5 Å². The molecule has 146 valence electrons. The highest BCUT2D eigenvalue weighted by Gasteiger charge is 2.18. The van der Waals surface area contributed by atoms with Crippen molar-refractivity contribution in [1.82, 2.24) is 9.78 Å². The van der Waals surface area contributed by atoms with E-state index >= 15 is 0 Å². The van der Waals surface area contributed by atoms with Crippen molar-refractivity contribution < 1.29 is 9.53 Å². The fraction of sp³-hybridized carbons (Fsp3) is 0.200. The molecule has 0 aliphatic rings. The van der Waals surface area contributed by atoms with Crippen molar-refractivity contribution in [1.29, 1.82) is 0 Å². The summed E-state index contributed by atoms with van der Waals surface area (Å²) in [7, 11) is 1.61. The smallest absolute Gasteiger partial charge is 0.323 e. The van der Waals surface area contributed by atoms with Crippen LogP contribution < -0.4 is 15.4 Å². The predicted molar refractivity (Wildman–Crippen MR) is 116 cm³/mol. The number of nitrogens with zero attached hydrogens (tertiary/aromatic N) is 2. The molecule has 3 rings (SSSR count). The molecule has 6 nitrogen and oxygen atoms in total. The van der Waals surface area contributed by atoms with Gasteiger partial charge >= 0.3 is 6.03 Å². The van der Waals surface area contributed by atoms with E-state index in [1.165, 1.54) is 0 Å². The Morgan fingerprint density at radius 2 is 1.89 bits per heavy atom. The molecule has 2 amide bonds. The number of amides is 2. The minimum Gasteiger partial charge on any atom is -0.496 e. The molecule has 8 heteroatoms. The minimum absolute atomic E-state index is 0.161. The molecule has 1 aromatic heterocycles. The van der Waals surface area contributed by atoms with Gasteiger partial charge in [-0.2, -0.15) is 5.10 Å². The first kappa shape index (κ1) is 20.2. The molecule has 0 bridgehead atoms. The molecule has 0 aliphatic carbocycles. The van der Waals surface area contributed by atoms with E-state index in [1.807, 2.05) is 16.8 Å². The number of rotatable bonds is 5. The van der Waals surface area contributed by atoms with Crippen LogP contribution in [0.5, 0.6) is 5.75 Å². The van der Waals surface area contributed by atoms with E-state index in [-0.39, 0.29) is 12.1 Å². The lowest BCUT2D eigenvalue weighted by molar-refractivity contribution is 0.262. The lowest BCUT2D eigenvalue weighted by atomic mass is 10.1. The Kier molecular flexibility index (Phi) is 6.26. The van der Waals surface area contributed by atoms with Gasteiger partial charge in [-0.1, -0.05) is 17.7 Å². The van der Waals surface area contributed by atoms with Gasteiger partial charge in [-0.15, -0.1) is 0 Å². The topological polar surface area (TPSA) is 68.2 Å². The molecule has 0 atom stereocenters. The monoisotopic (exact) mass is 462 g/mol. The normalized spacial score (nSPS) is 10.8. The molecule has 0 unspecified atom stereocenters. The average Bonchev–Trinajstić information content (AvgIpc) is 3.03. The second-order valence-corrected chi connectivity index (χ2v) is 7.67. The highest BCUT2D eigenvalue weighted by molar-refractivity contribution is 9.10. The second kappa shape index (κ2) is 8.67. The number of nitrogens with one attached hydrogen (secondary N) is 2. The first-order valence-corrected chi connectivity index (χ1v) is 9.81. The Balaban J connectivity index is 1.89. The van der Waals surface area contributed by atoms with E-state index in [0.29, 0.717) is 22.1 Å². The predicted octanol–water partition coefficient (Wildman–Crippen LogP) is 6.20. The van der Waals surface area contributed by atoms with Gasteiger partial charge in [0.2, 0.25) is 0 Å². The maximum absolute atomic E-state index is 12.4. The Morgan fingerprint density at radius 1 is 1.18 bits per heavy atom. The van der Waals surface area contributed by atoms with Gasteiger partial charge in [-0.05, 0) is 66.2 Å². The van der Waals surface area contributed by atoms with Gasteiger partial charge in [0.15, 0.2) is 0 Å². The van der Waals surface area contributed by atoms with Crippen molar-refractivity contribution in [3.05, 3.63) is 58.2 Å². The lowest BCUT2D eigenvalue weighted by Gasteiger charge is -2.16. The molecule has 0 saturated carbocycles. The average molecular weight is 464 g/mol. The van der Waals surface area contributed by atoms with Crippen LogP contribution in [-0.4, -0.2) is 22.9 Å². The number of carbonyl (C=O) groups excluding carboxylic acids is 1. The zero-order chi connectivity index (χ0) is 20.3. The number of hydrogen-bond donors (Lipinski definition) is 2. The molecule has 28 heavy (non-hydrogen) atoms. The first-order valence-electron chi connectivity index (χ1n) is 8.64. The summed E-state index contributed by atoms with van der Waals surface area (Å²) in [5.41, 5.74) is 2.94. The maximum atomic E-state index is 12.4. The van der Waals surface area contributed by atoms with Crippen LogP contribution in [-0.2, 0) is 0 Å². The van der Waals surface area contributed by atoms with Crippen molar-refractivity contribution in [2.45, 2.75) is 19.9 Å². The number of aromatic nitrogens is 2. The lowest BCUT2D eigenvalue weighted by Crippen LogP contribution is -2.19. The van der Waals surface area contributed by atoms with Gasteiger partial charge in [0.25, 0.3) is 0 Å². The molecule has 0 radical (unpaired) electrons. The molecule has 0 spiro atoms. The number of halogens is 2. The van der Waals surface area contributed by atoms with Crippen molar-refractivity contribution in [2.75, 3.05) is 17.7 Å². The third-order valence-corrected chi connectivity index (χ3v) is 4.85. The highest BCUT2D eigenvalue weighted by atomic mass is 79.9. The van der Waals surface area contributed by atoms with E-state index in [4.69, 9.17) is 16.3 Å². The number of urea groups is 1. The first-order chi connectivity index (χ1) is 13.4. The zero-order valence-corrected chi connectivity index (χ0v) is 18.0. The molecule has 0 aliphatic heterocycles. The van der Waals surface area contributed by atoms with Crippen LogP contribution in [0.15, 0.2) is 53.1 Å². The van der Waals surface area contributed by atoms with Gasteiger partial charge in [-0.3, -0.25) is 4.68 Å². The Labute approximate surface area is 177 Å². The van der Waals surface area contributed by atoms with Crippen molar-refractivity contribution >= 4 is 44.9 Å².